The quantitative estimate of drug-likeness (QED) is 0.803. The molecule has 0 bridgehead atoms. The van der Waals surface area contributed by atoms with Crippen LogP contribution in [-0.2, 0) is 13.0 Å². The zero-order valence-corrected chi connectivity index (χ0v) is 13.4. The van der Waals surface area contributed by atoms with Crippen molar-refractivity contribution in [2.24, 2.45) is 0 Å². The van der Waals surface area contributed by atoms with E-state index >= 15 is 0 Å². The molecule has 2 rings (SSSR count). The highest BCUT2D eigenvalue weighted by Crippen LogP contribution is 2.20. The third kappa shape index (κ3) is 4.98. The fraction of sp³-hybridized carbons (Fsp3) is 0.421. The lowest BCUT2D eigenvalue weighted by molar-refractivity contribution is 0.588. The SMILES string of the molecule is CCCCc1ccc(-c2cncc(CNC(C)C)c2)cc1. The molecule has 1 N–H and O–H groups in total. The molecule has 0 unspecified atom stereocenters. The van der Waals surface area contributed by atoms with E-state index < -0.39 is 0 Å². The first-order valence-electron chi connectivity index (χ1n) is 7.95. The third-order valence-electron chi connectivity index (χ3n) is 3.62. The van der Waals surface area contributed by atoms with Crippen molar-refractivity contribution in [2.45, 2.75) is 52.6 Å². The van der Waals surface area contributed by atoms with Crippen LogP contribution in [0.2, 0.25) is 0 Å². The lowest BCUT2D eigenvalue weighted by Crippen LogP contribution is -2.21. The smallest absolute Gasteiger partial charge is 0.0346 e. The lowest BCUT2D eigenvalue weighted by atomic mass is 10.0. The van der Waals surface area contributed by atoms with Gasteiger partial charge in [-0.1, -0.05) is 51.5 Å². The number of hydrogen-bond acceptors (Lipinski definition) is 2. The van der Waals surface area contributed by atoms with Crippen molar-refractivity contribution < 1.29 is 0 Å². The van der Waals surface area contributed by atoms with Crippen molar-refractivity contribution in [3.05, 3.63) is 53.9 Å². The maximum Gasteiger partial charge on any atom is 0.0346 e. The number of benzene rings is 1. The molecule has 1 aromatic heterocycles. The summed E-state index contributed by atoms with van der Waals surface area (Å²) in [5, 5.41) is 3.43. The summed E-state index contributed by atoms with van der Waals surface area (Å²) in [5.74, 6) is 0. The second-order valence-corrected chi connectivity index (χ2v) is 5.92. The molecule has 21 heavy (non-hydrogen) atoms. The Hall–Kier alpha value is -1.67. The molecule has 0 saturated carbocycles. The summed E-state index contributed by atoms with van der Waals surface area (Å²) in [6, 6.07) is 11.6. The van der Waals surface area contributed by atoms with E-state index in [0.29, 0.717) is 6.04 Å². The van der Waals surface area contributed by atoms with Gasteiger partial charge < -0.3 is 5.32 Å². The highest BCUT2D eigenvalue weighted by atomic mass is 14.9. The molecule has 0 fully saturated rings. The van der Waals surface area contributed by atoms with Crippen LogP contribution < -0.4 is 5.32 Å². The molecule has 1 aromatic carbocycles. The van der Waals surface area contributed by atoms with Gasteiger partial charge in [-0.25, -0.2) is 0 Å². The van der Waals surface area contributed by atoms with Crippen molar-refractivity contribution in [3.63, 3.8) is 0 Å². The Balaban J connectivity index is 2.08. The standard InChI is InChI=1S/C19H26N2/c1-4-5-6-16-7-9-18(10-8-16)19-11-17(12-20-14-19)13-21-15(2)3/h7-12,14-15,21H,4-6,13H2,1-3H3. The first-order chi connectivity index (χ1) is 10.2. The molecule has 2 aromatic rings. The summed E-state index contributed by atoms with van der Waals surface area (Å²) in [5.41, 5.74) is 5.09. The Morgan fingerprint density at radius 2 is 1.76 bits per heavy atom. The van der Waals surface area contributed by atoms with Crippen LogP contribution in [0.1, 0.15) is 44.7 Å². The predicted molar refractivity (Wildman–Crippen MR) is 90.3 cm³/mol. The van der Waals surface area contributed by atoms with E-state index in [0.717, 1.165) is 6.54 Å². The molecule has 0 radical (unpaired) electrons. The first-order valence-corrected chi connectivity index (χ1v) is 7.95. The van der Waals surface area contributed by atoms with Gasteiger partial charge in [0.15, 0.2) is 0 Å². The predicted octanol–water partition coefficient (Wildman–Crippen LogP) is 4.59. The van der Waals surface area contributed by atoms with Crippen LogP contribution >= 0.6 is 0 Å². The molecule has 2 heteroatoms. The van der Waals surface area contributed by atoms with Gasteiger partial charge in [0.25, 0.3) is 0 Å². The Labute approximate surface area is 128 Å². The summed E-state index contributed by atoms with van der Waals surface area (Å²) in [7, 11) is 0. The minimum Gasteiger partial charge on any atom is -0.310 e. The molecule has 0 aliphatic heterocycles. The molecule has 0 amide bonds. The number of nitrogens with one attached hydrogen (secondary N) is 1. The van der Waals surface area contributed by atoms with Crippen LogP contribution in [0.3, 0.4) is 0 Å². The van der Waals surface area contributed by atoms with Crippen LogP contribution in [0, 0.1) is 0 Å². The molecule has 0 spiro atoms. The number of rotatable bonds is 7. The second-order valence-electron chi connectivity index (χ2n) is 5.92. The number of unbranched alkanes of at least 4 members (excludes halogenated alkanes) is 1. The Kier molecular flexibility index (Phi) is 5.94. The van der Waals surface area contributed by atoms with Crippen molar-refractivity contribution in [1.82, 2.24) is 10.3 Å². The topological polar surface area (TPSA) is 24.9 Å². The molecule has 0 atom stereocenters. The summed E-state index contributed by atoms with van der Waals surface area (Å²) in [4.78, 5) is 4.37. The van der Waals surface area contributed by atoms with Crippen LogP contribution in [0.25, 0.3) is 11.1 Å². The van der Waals surface area contributed by atoms with Crippen molar-refractivity contribution in [1.29, 1.82) is 0 Å². The van der Waals surface area contributed by atoms with Gasteiger partial charge in [0.05, 0.1) is 0 Å². The molecular weight excluding hydrogens is 256 g/mol. The monoisotopic (exact) mass is 282 g/mol. The molecule has 0 aliphatic rings. The average molecular weight is 282 g/mol. The van der Waals surface area contributed by atoms with Crippen LogP contribution in [0.4, 0.5) is 0 Å². The largest absolute Gasteiger partial charge is 0.310 e. The van der Waals surface area contributed by atoms with Crippen molar-refractivity contribution in [2.75, 3.05) is 0 Å². The number of hydrogen-bond donors (Lipinski definition) is 1. The van der Waals surface area contributed by atoms with Crippen molar-refractivity contribution >= 4 is 0 Å². The zero-order valence-electron chi connectivity index (χ0n) is 13.4. The van der Waals surface area contributed by atoms with E-state index in [1.54, 1.807) is 0 Å². The molecule has 0 aliphatic carbocycles. The maximum absolute atomic E-state index is 4.37. The summed E-state index contributed by atoms with van der Waals surface area (Å²) >= 11 is 0. The maximum atomic E-state index is 4.37. The van der Waals surface area contributed by atoms with Gasteiger partial charge in [-0.05, 0) is 35.6 Å². The van der Waals surface area contributed by atoms with E-state index in [1.807, 2.05) is 12.4 Å². The van der Waals surface area contributed by atoms with E-state index in [1.165, 1.54) is 41.5 Å². The van der Waals surface area contributed by atoms with Crippen LogP contribution in [-0.4, -0.2) is 11.0 Å². The molecule has 0 saturated heterocycles. The van der Waals surface area contributed by atoms with E-state index in [4.69, 9.17) is 0 Å². The number of nitrogens with zero attached hydrogens (tertiary/aromatic N) is 1. The second kappa shape index (κ2) is 7.94. The highest BCUT2D eigenvalue weighted by molar-refractivity contribution is 5.63. The Morgan fingerprint density at radius 1 is 1.00 bits per heavy atom. The molecule has 2 nitrogen and oxygen atoms in total. The minimum atomic E-state index is 0.492. The number of aryl methyl sites for hydroxylation is 1. The third-order valence-corrected chi connectivity index (χ3v) is 3.62. The number of pyridine rings is 1. The highest BCUT2D eigenvalue weighted by Gasteiger charge is 2.02. The first kappa shape index (κ1) is 15.7. The van der Waals surface area contributed by atoms with Gasteiger partial charge in [0, 0.05) is 30.5 Å². The summed E-state index contributed by atoms with van der Waals surface area (Å²) < 4.78 is 0. The van der Waals surface area contributed by atoms with Gasteiger partial charge in [0.1, 0.15) is 0 Å². The number of aromatic nitrogens is 1. The fourth-order valence-corrected chi connectivity index (χ4v) is 2.31. The van der Waals surface area contributed by atoms with E-state index in [2.05, 4.69) is 61.4 Å². The summed E-state index contributed by atoms with van der Waals surface area (Å²) in [6.45, 7) is 7.42. The van der Waals surface area contributed by atoms with Crippen molar-refractivity contribution in [3.8, 4) is 11.1 Å². The molecule has 112 valence electrons. The van der Waals surface area contributed by atoms with E-state index in [9.17, 15) is 0 Å². The van der Waals surface area contributed by atoms with Crippen LogP contribution in [0.5, 0.6) is 0 Å². The van der Waals surface area contributed by atoms with Gasteiger partial charge >= 0.3 is 0 Å². The van der Waals surface area contributed by atoms with Gasteiger partial charge in [-0.3, -0.25) is 4.98 Å². The van der Waals surface area contributed by atoms with Crippen LogP contribution in [0.15, 0.2) is 42.7 Å². The normalized spacial score (nSPS) is 11.0. The lowest BCUT2D eigenvalue weighted by Gasteiger charge is -2.09. The average Bonchev–Trinajstić information content (AvgIpc) is 2.52. The Bertz CT molecular complexity index is 544. The van der Waals surface area contributed by atoms with E-state index in [-0.39, 0.29) is 0 Å². The minimum absolute atomic E-state index is 0.492. The van der Waals surface area contributed by atoms with Gasteiger partial charge in [0.2, 0.25) is 0 Å². The molecular formula is C19H26N2. The fourth-order valence-electron chi connectivity index (χ4n) is 2.31. The zero-order chi connectivity index (χ0) is 15.1. The van der Waals surface area contributed by atoms with Gasteiger partial charge in [-0.15, -0.1) is 0 Å². The summed E-state index contributed by atoms with van der Waals surface area (Å²) in [6.07, 6.45) is 7.57. The Morgan fingerprint density at radius 3 is 2.43 bits per heavy atom. The molecule has 1 heterocycles. The van der Waals surface area contributed by atoms with Gasteiger partial charge in [-0.2, -0.15) is 0 Å².